The van der Waals surface area contributed by atoms with Crippen molar-refractivity contribution in [1.29, 1.82) is 0 Å². The van der Waals surface area contributed by atoms with Gasteiger partial charge >= 0.3 is 6.18 Å². The van der Waals surface area contributed by atoms with Gasteiger partial charge in [0.05, 0.1) is 17.3 Å². The number of aryl methyl sites for hydroxylation is 1. The summed E-state index contributed by atoms with van der Waals surface area (Å²) in [5.41, 5.74) is -0.363. The molecule has 0 amide bonds. The van der Waals surface area contributed by atoms with Crippen molar-refractivity contribution in [2.75, 3.05) is 0 Å². The average molecular weight is 351 g/mol. The zero-order valence-corrected chi connectivity index (χ0v) is 13.6. The van der Waals surface area contributed by atoms with Gasteiger partial charge in [0.25, 0.3) is 0 Å². The molecule has 0 aliphatic rings. The van der Waals surface area contributed by atoms with Crippen LogP contribution in [0.25, 0.3) is 11.5 Å². The Morgan fingerprint density at radius 3 is 2.72 bits per heavy atom. The van der Waals surface area contributed by atoms with Gasteiger partial charge in [-0.1, -0.05) is 12.1 Å². The van der Waals surface area contributed by atoms with Gasteiger partial charge in [-0.2, -0.15) is 18.3 Å². The summed E-state index contributed by atoms with van der Waals surface area (Å²) in [7, 11) is 1.77. The number of alkyl halides is 3. The standard InChI is InChI=1S/C16H16F3N5O/c1-10(14-21-9-24(2)23-14)20-7-11-8-25-15(22-11)12-5-3-4-6-13(12)16(17,18)19/h3-6,8-10,20H,7H2,1-2H3. The number of aromatic nitrogens is 4. The molecule has 9 heteroatoms. The van der Waals surface area contributed by atoms with Crippen LogP contribution in [-0.2, 0) is 19.8 Å². The van der Waals surface area contributed by atoms with Crippen molar-refractivity contribution >= 4 is 0 Å². The third kappa shape index (κ3) is 3.87. The lowest BCUT2D eigenvalue weighted by atomic mass is 10.1. The number of oxazole rings is 1. The molecule has 3 aromatic rings. The summed E-state index contributed by atoms with van der Waals surface area (Å²) in [5, 5.41) is 7.34. The maximum Gasteiger partial charge on any atom is 0.417 e. The molecule has 0 spiro atoms. The van der Waals surface area contributed by atoms with Gasteiger partial charge in [-0.25, -0.2) is 9.97 Å². The van der Waals surface area contributed by atoms with Gasteiger partial charge in [0.1, 0.15) is 12.6 Å². The first kappa shape index (κ1) is 17.2. The Kier molecular flexibility index (Phi) is 4.58. The lowest BCUT2D eigenvalue weighted by Gasteiger charge is -2.10. The Bertz CT molecular complexity index is 855. The number of hydrogen-bond donors (Lipinski definition) is 1. The summed E-state index contributed by atoms with van der Waals surface area (Å²) >= 11 is 0. The monoisotopic (exact) mass is 351 g/mol. The lowest BCUT2D eigenvalue weighted by molar-refractivity contribution is -0.137. The lowest BCUT2D eigenvalue weighted by Crippen LogP contribution is -2.19. The van der Waals surface area contributed by atoms with Crippen molar-refractivity contribution in [2.45, 2.75) is 25.7 Å². The maximum atomic E-state index is 13.1. The predicted octanol–water partition coefficient (Wildman–Crippen LogP) is 3.34. The van der Waals surface area contributed by atoms with Crippen LogP contribution in [0.3, 0.4) is 0 Å². The molecule has 0 fully saturated rings. The largest absolute Gasteiger partial charge is 0.444 e. The van der Waals surface area contributed by atoms with Crippen LogP contribution in [-0.4, -0.2) is 19.7 Å². The minimum absolute atomic E-state index is 0.0617. The Balaban J connectivity index is 1.73. The van der Waals surface area contributed by atoms with E-state index in [4.69, 9.17) is 4.42 Å². The van der Waals surface area contributed by atoms with E-state index in [2.05, 4.69) is 20.4 Å². The fourth-order valence-corrected chi connectivity index (χ4v) is 2.33. The first-order valence-corrected chi connectivity index (χ1v) is 7.54. The average Bonchev–Trinajstić information content (AvgIpc) is 3.21. The highest BCUT2D eigenvalue weighted by molar-refractivity contribution is 5.59. The summed E-state index contributed by atoms with van der Waals surface area (Å²) in [6, 6.07) is 5.06. The molecule has 3 rings (SSSR count). The van der Waals surface area contributed by atoms with E-state index in [-0.39, 0.29) is 17.5 Å². The van der Waals surface area contributed by atoms with Crippen molar-refractivity contribution < 1.29 is 17.6 Å². The number of nitrogens with one attached hydrogen (secondary N) is 1. The quantitative estimate of drug-likeness (QED) is 0.764. The van der Waals surface area contributed by atoms with Crippen molar-refractivity contribution in [2.24, 2.45) is 7.05 Å². The molecule has 1 atom stereocenters. The molecular formula is C16H16F3N5O. The van der Waals surface area contributed by atoms with Gasteiger partial charge in [-0.3, -0.25) is 4.68 Å². The first-order valence-electron chi connectivity index (χ1n) is 7.54. The van der Waals surface area contributed by atoms with Crippen molar-refractivity contribution in [3.8, 4) is 11.5 Å². The first-order chi connectivity index (χ1) is 11.8. The minimum atomic E-state index is -4.47. The van der Waals surface area contributed by atoms with Crippen molar-refractivity contribution in [3.63, 3.8) is 0 Å². The highest BCUT2D eigenvalue weighted by Gasteiger charge is 2.34. The smallest absolute Gasteiger partial charge is 0.417 e. The van der Waals surface area contributed by atoms with E-state index in [1.165, 1.54) is 24.5 Å². The molecule has 0 saturated carbocycles. The van der Waals surface area contributed by atoms with Crippen molar-refractivity contribution in [3.05, 3.63) is 53.9 Å². The second-order valence-corrected chi connectivity index (χ2v) is 5.57. The number of rotatable bonds is 5. The Morgan fingerprint density at radius 1 is 1.28 bits per heavy atom. The van der Waals surface area contributed by atoms with Gasteiger partial charge in [-0.15, -0.1) is 0 Å². The normalized spacial score (nSPS) is 13.2. The summed E-state index contributed by atoms with van der Waals surface area (Å²) in [6.07, 6.45) is -1.54. The van der Waals surface area contributed by atoms with Gasteiger partial charge in [-0.05, 0) is 19.1 Å². The number of hydrogen-bond acceptors (Lipinski definition) is 5. The van der Waals surface area contributed by atoms with Crippen molar-refractivity contribution in [1.82, 2.24) is 25.1 Å². The molecule has 0 radical (unpaired) electrons. The van der Waals surface area contributed by atoms with E-state index in [9.17, 15) is 13.2 Å². The Hall–Kier alpha value is -2.68. The summed E-state index contributed by atoms with van der Waals surface area (Å²) in [4.78, 5) is 8.29. The number of benzene rings is 1. The third-order valence-corrected chi connectivity index (χ3v) is 3.61. The molecule has 0 aliphatic heterocycles. The summed E-state index contributed by atoms with van der Waals surface area (Å²) < 4.78 is 46.1. The van der Waals surface area contributed by atoms with Crippen LogP contribution in [0.1, 0.15) is 30.0 Å². The van der Waals surface area contributed by atoms with Crippen LogP contribution in [0.5, 0.6) is 0 Å². The van der Waals surface area contributed by atoms with Crippen LogP contribution >= 0.6 is 0 Å². The molecule has 1 aromatic carbocycles. The molecule has 2 aromatic heterocycles. The van der Waals surface area contributed by atoms with Gasteiger partial charge in [0, 0.05) is 19.2 Å². The van der Waals surface area contributed by atoms with Crippen LogP contribution in [0.4, 0.5) is 13.2 Å². The SMILES string of the molecule is CC(NCc1coc(-c2ccccc2C(F)(F)F)n1)c1ncn(C)n1. The van der Waals surface area contributed by atoms with E-state index in [1.54, 1.807) is 18.1 Å². The van der Waals surface area contributed by atoms with Gasteiger partial charge in [0.2, 0.25) is 5.89 Å². The summed E-state index contributed by atoms with van der Waals surface area (Å²) in [5.74, 6) is 0.557. The number of nitrogens with zero attached hydrogens (tertiary/aromatic N) is 4. The fraction of sp³-hybridized carbons (Fsp3) is 0.312. The molecule has 1 N–H and O–H groups in total. The molecule has 0 saturated heterocycles. The van der Waals surface area contributed by atoms with E-state index in [1.807, 2.05) is 6.92 Å². The maximum absolute atomic E-state index is 13.1. The van der Waals surface area contributed by atoms with Crippen LogP contribution in [0.15, 0.2) is 41.3 Å². The molecule has 0 bridgehead atoms. The predicted molar refractivity (Wildman–Crippen MR) is 83.2 cm³/mol. The zero-order chi connectivity index (χ0) is 18.0. The van der Waals surface area contributed by atoms with E-state index in [0.29, 0.717) is 18.1 Å². The molecule has 1 unspecified atom stereocenters. The fourth-order valence-electron chi connectivity index (χ4n) is 2.33. The summed E-state index contributed by atoms with van der Waals surface area (Å²) in [6.45, 7) is 2.20. The number of halogens is 3. The van der Waals surface area contributed by atoms with Crippen LogP contribution in [0.2, 0.25) is 0 Å². The Morgan fingerprint density at radius 2 is 2.04 bits per heavy atom. The molecule has 132 valence electrons. The zero-order valence-electron chi connectivity index (χ0n) is 13.6. The topological polar surface area (TPSA) is 68.8 Å². The third-order valence-electron chi connectivity index (χ3n) is 3.61. The second kappa shape index (κ2) is 6.67. The Labute approximate surface area is 141 Å². The van der Waals surface area contributed by atoms with E-state index in [0.717, 1.165) is 6.07 Å². The molecule has 0 aliphatic carbocycles. The van der Waals surface area contributed by atoms with E-state index < -0.39 is 11.7 Å². The molecule has 6 nitrogen and oxygen atoms in total. The highest BCUT2D eigenvalue weighted by atomic mass is 19.4. The van der Waals surface area contributed by atoms with Crippen LogP contribution < -0.4 is 5.32 Å². The second-order valence-electron chi connectivity index (χ2n) is 5.57. The molecule has 2 heterocycles. The van der Waals surface area contributed by atoms with Gasteiger partial charge < -0.3 is 9.73 Å². The van der Waals surface area contributed by atoms with Crippen LogP contribution in [0, 0.1) is 0 Å². The molecule has 25 heavy (non-hydrogen) atoms. The van der Waals surface area contributed by atoms with Gasteiger partial charge in [0.15, 0.2) is 5.82 Å². The minimum Gasteiger partial charge on any atom is -0.444 e. The van der Waals surface area contributed by atoms with E-state index >= 15 is 0 Å². The molecular weight excluding hydrogens is 335 g/mol. The highest BCUT2D eigenvalue weighted by Crippen LogP contribution is 2.36.